The smallest absolute Gasteiger partial charge is 0.227 e. The Morgan fingerprint density at radius 1 is 1.23 bits per heavy atom. The number of rotatable bonds is 4. The van der Waals surface area contributed by atoms with Crippen molar-refractivity contribution in [1.82, 2.24) is 10.6 Å². The molecule has 0 aromatic heterocycles. The zero-order valence-electron chi connectivity index (χ0n) is 15.4. The van der Waals surface area contributed by atoms with E-state index in [4.69, 9.17) is 16.3 Å². The van der Waals surface area contributed by atoms with Crippen LogP contribution in [0.1, 0.15) is 44.1 Å². The maximum atomic E-state index is 13.3. The molecule has 0 spiro atoms. The van der Waals surface area contributed by atoms with Crippen LogP contribution in [0.3, 0.4) is 0 Å². The molecule has 5 heteroatoms. The highest BCUT2D eigenvalue weighted by Crippen LogP contribution is 2.44. The monoisotopic (exact) mass is 376 g/mol. The predicted octanol–water partition coefficient (Wildman–Crippen LogP) is 3.28. The highest BCUT2D eigenvalue weighted by Gasteiger charge is 2.50. The molecular formula is C21H29ClN2O2. The largest absolute Gasteiger partial charge is 0.381 e. The molecule has 2 atom stereocenters. The van der Waals surface area contributed by atoms with Gasteiger partial charge in [-0.25, -0.2) is 0 Å². The van der Waals surface area contributed by atoms with Crippen molar-refractivity contribution in [3.63, 3.8) is 0 Å². The van der Waals surface area contributed by atoms with E-state index in [0.29, 0.717) is 12.5 Å². The molecule has 2 N–H and O–H groups in total. The fourth-order valence-corrected chi connectivity index (χ4v) is 5.65. The summed E-state index contributed by atoms with van der Waals surface area (Å²) in [6, 6.07) is 8.06. The summed E-state index contributed by atoms with van der Waals surface area (Å²) in [4.78, 5) is 13.3. The number of ether oxygens (including phenoxy) is 1. The summed E-state index contributed by atoms with van der Waals surface area (Å²) in [5, 5.41) is 7.62. The van der Waals surface area contributed by atoms with Crippen LogP contribution in [0.5, 0.6) is 0 Å². The van der Waals surface area contributed by atoms with E-state index in [9.17, 15) is 4.79 Å². The fourth-order valence-electron chi connectivity index (χ4n) is 5.31. The summed E-state index contributed by atoms with van der Waals surface area (Å²) in [6.07, 6.45) is 6.39. The van der Waals surface area contributed by atoms with Crippen LogP contribution in [-0.2, 0) is 14.9 Å². The molecule has 1 aliphatic carbocycles. The first-order chi connectivity index (χ1) is 12.7. The van der Waals surface area contributed by atoms with Crippen molar-refractivity contribution in [2.45, 2.75) is 43.9 Å². The Kier molecular flexibility index (Phi) is 5.27. The van der Waals surface area contributed by atoms with E-state index < -0.39 is 0 Å². The van der Waals surface area contributed by atoms with Crippen LogP contribution in [0, 0.1) is 11.3 Å². The number of benzene rings is 1. The molecule has 1 amide bonds. The summed E-state index contributed by atoms with van der Waals surface area (Å²) in [5.74, 6) is 0.729. The second kappa shape index (κ2) is 7.49. The standard InChI is InChI=1S/C21H29ClN2O2/c22-18-7-2-1-6-17(18)20(9-11-26-12-10-20)14-24-19(25)21-8-4-3-5-16(21)13-23-15-21/h1-2,6-7,16,23H,3-5,8-15H2,(H,24,25)/t16-,21+/m0/s1. The van der Waals surface area contributed by atoms with Crippen molar-refractivity contribution in [1.29, 1.82) is 0 Å². The van der Waals surface area contributed by atoms with Gasteiger partial charge in [-0.05, 0) is 49.8 Å². The molecule has 0 bridgehead atoms. The molecule has 0 radical (unpaired) electrons. The van der Waals surface area contributed by atoms with Crippen LogP contribution in [0.15, 0.2) is 24.3 Å². The summed E-state index contributed by atoms with van der Waals surface area (Å²) in [6.45, 7) is 3.89. The molecule has 4 rings (SSSR count). The number of hydrogen-bond donors (Lipinski definition) is 2. The van der Waals surface area contributed by atoms with Crippen molar-refractivity contribution in [3.8, 4) is 0 Å². The van der Waals surface area contributed by atoms with E-state index in [0.717, 1.165) is 62.6 Å². The molecule has 2 saturated heterocycles. The van der Waals surface area contributed by atoms with Gasteiger partial charge in [0.05, 0.1) is 5.41 Å². The third-order valence-electron chi connectivity index (χ3n) is 6.97. The molecule has 2 aliphatic heterocycles. The van der Waals surface area contributed by atoms with Crippen molar-refractivity contribution >= 4 is 17.5 Å². The Morgan fingerprint density at radius 3 is 2.85 bits per heavy atom. The minimum atomic E-state index is -0.203. The van der Waals surface area contributed by atoms with E-state index in [1.807, 2.05) is 18.2 Å². The zero-order chi connectivity index (χ0) is 18.0. The highest BCUT2D eigenvalue weighted by molar-refractivity contribution is 6.31. The maximum Gasteiger partial charge on any atom is 0.227 e. The number of carbonyl (C=O) groups excluding carboxylic acids is 1. The van der Waals surface area contributed by atoms with Crippen LogP contribution in [-0.4, -0.2) is 38.8 Å². The molecule has 1 saturated carbocycles. The van der Waals surface area contributed by atoms with Gasteiger partial charge in [0.25, 0.3) is 0 Å². The Morgan fingerprint density at radius 2 is 2.04 bits per heavy atom. The second-order valence-corrected chi connectivity index (χ2v) is 8.69. The molecular weight excluding hydrogens is 348 g/mol. The van der Waals surface area contributed by atoms with E-state index in [2.05, 4.69) is 16.7 Å². The Balaban J connectivity index is 1.54. The molecule has 3 fully saturated rings. The van der Waals surface area contributed by atoms with Gasteiger partial charge in [-0.3, -0.25) is 4.79 Å². The van der Waals surface area contributed by atoms with Crippen molar-refractivity contribution in [3.05, 3.63) is 34.9 Å². The van der Waals surface area contributed by atoms with Gasteiger partial charge in [0.1, 0.15) is 0 Å². The molecule has 142 valence electrons. The van der Waals surface area contributed by atoms with Crippen LogP contribution in [0.2, 0.25) is 5.02 Å². The van der Waals surface area contributed by atoms with E-state index in [1.54, 1.807) is 0 Å². The van der Waals surface area contributed by atoms with Gasteiger partial charge in [0.15, 0.2) is 0 Å². The van der Waals surface area contributed by atoms with Crippen LogP contribution >= 0.6 is 11.6 Å². The average molecular weight is 377 g/mol. The lowest BCUT2D eigenvalue weighted by atomic mass is 9.67. The fraction of sp³-hybridized carbons (Fsp3) is 0.667. The number of nitrogens with one attached hydrogen (secondary N) is 2. The minimum absolute atomic E-state index is 0.126. The molecule has 3 aliphatic rings. The second-order valence-electron chi connectivity index (χ2n) is 8.28. The van der Waals surface area contributed by atoms with Crippen LogP contribution in [0.4, 0.5) is 0 Å². The third kappa shape index (κ3) is 3.17. The SMILES string of the molecule is O=C(NCC1(c2ccccc2Cl)CCOCC1)[C@@]12CCCC[C@H]1CNC2. The third-order valence-corrected chi connectivity index (χ3v) is 7.30. The minimum Gasteiger partial charge on any atom is -0.381 e. The number of carbonyl (C=O) groups is 1. The topological polar surface area (TPSA) is 50.4 Å². The average Bonchev–Trinajstić information content (AvgIpc) is 3.12. The first-order valence-electron chi connectivity index (χ1n) is 9.98. The van der Waals surface area contributed by atoms with E-state index in [1.165, 1.54) is 12.8 Å². The van der Waals surface area contributed by atoms with E-state index in [-0.39, 0.29) is 16.7 Å². The number of fused-ring (bicyclic) bond motifs is 1. The lowest BCUT2D eigenvalue weighted by molar-refractivity contribution is -0.134. The van der Waals surface area contributed by atoms with E-state index >= 15 is 0 Å². The summed E-state index contributed by atoms with van der Waals surface area (Å²) in [5.41, 5.74) is 0.817. The van der Waals surface area contributed by atoms with Gasteiger partial charge in [-0.1, -0.05) is 42.6 Å². The Hall–Kier alpha value is -1.10. The molecule has 4 nitrogen and oxygen atoms in total. The first-order valence-corrected chi connectivity index (χ1v) is 10.4. The quantitative estimate of drug-likeness (QED) is 0.847. The van der Waals surface area contributed by atoms with Crippen LogP contribution in [0.25, 0.3) is 0 Å². The molecule has 1 aromatic rings. The van der Waals surface area contributed by atoms with Gasteiger partial charge in [0, 0.05) is 36.7 Å². The van der Waals surface area contributed by atoms with Gasteiger partial charge in [-0.2, -0.15) is 0 Å². The summed E-state index contributed by atoms with van der Waals surface area (Å²) >= 11 is 6.54. The van der Waals surface area contributed by atoms with Gasteiger partial charge >= 0.3 is 0 Å². The van der Waals surface area contributed by atoms with Crippen molar-refractivity contribution in [2.75, 3.05) is 32.8 Å². The maximum absolute atomic E-state index is 13.3. The predicted molar refractivity (Wildman–Crippen MR) is 103 cm³/mol. The molecule has 26 heavy (non-hydrogen) atoms. The number of amides is 1. The normalized spacial score (nSPS) is 30.6. The van der Waals surface area contributed by atoms with Crippen LogP contribution < -0.4 is 10.6 Å². The zero-order valence-corrected chi connectivity index (χ0v) is 16.1. The van der Waals surface area contributed by atoms with Crippen molar-refractivity contribution in [2.24, 2.45) is 11.3 Å². The Labute approximate surface area is 161 Å². The summed E-state index contributed by atoms with van der Waals surface area (Å²) < 4.78 is 5.61. The highest BCUT2D eigenvalue weighted by atomic mass is 35.5. The Bertz CT molecular complexity index is 659. The molecule has 2 heterocycles. The number of halogens is 1. The summed E-state index contributed by atoms with van der Waals surface area (Å²) in [7, 11) is 0. The first kappa shape index (κ1) is 18.3. The number of hydrogen-bond acceptors (Lipinski definition) is 3. The van der Waals surface area contributed by atoms with Gasteiger partial charge < -0.3 is 15.4 Å². The lowest BCUT2D eigenvalue weighted by Crippen LogP contribution is -2.52. The van der Waals surface area contributed by atoms with Gasteiger partial charge in [0.2, 0.25) is 5.91 Å². The lowest BCUT2D eigenvalue weighted by Gasteiger charge is -2.41. The van der Waals surface area contributed by atoms with Crippen molar-refractivity contribution < 1.29 is 9.53 Å². The van der Waals surface area contributed by atoms with Gasteiger partial charge in [-0.15, -0.1) is 0 Å². The molecule has 0 unspecified atom stereocenters. The molecule has 1 aromatic carbocycles.